The highest BCUT2D eigenvalue weighted by molar-refractivity contribution is 5.84. The van der Waals surface area contributed by atoms with Gasteiger partial charge in [-0.3, -0.25) is 4.79 Å². The minimum atomic E-state index is -0.367. The average molecular weight is 353 g/mol. The summed E-state index contributed by atoms with van der Waals surface area (Å²) in [5.74, 6) is 0.574. The Morgan fingerprint density at radius 1 is 1.08 bits per heavy atom. The third-order valence-electron chi connectivity index (χ3n) is 4.28. The summed E-state index contributed by atoms with van der Waals surface area (Å²) in [6.45, 7) is 2.92. The first-order chi connectivity index (χ1) is 12.6. The molecule has 26 heavy (non-hydrogen) atoms. The van der Waals surface area contributed by atoms with E-state index < -0.39 is 0 Å². The van der Waals surface area contributed by atoms with Crippen LogP contribution in [0.4, 0.5) is 4.79 Å². The second kappa shape index (κ2) is 8.38. The minimum Gasteiger partial charge on any atom is -0.493 e. The first-order valence-electron chi connectivity index (χ1n) is 8.70. The number of carbonyl (C=O) groups is 2. The summed E-state index contributed by atoms with van der Waals surface area (Å²) in [6, 6.07) is 15.1. The molecule has 1 atom stereocenters. The Balaban J connectivity index is 1.43. The number of carbonyl (C=O) groups excluding carboxylic acids is 2. The van der Waals surface area contributed by atoms with E-state index in [4.69, 9.17) is 4.74 Å². The van der Waals surface area contributed by atoms with Crippen LogP contribution in [0.3, 0.4) is 0 Å². The molecule has 2 aromatic carbocycles. The van der Waals surface area contributed by atoms with E-state index >= 15 is 0 Å². The normalized spacial score (nSPS) is 15.3. The maximum atomic E-state index is 12.1. The lowest BCUT2D eigenvalue weighted by Gasteiger charge is -2.26. The van der Waals surface area contributed by atoms with Gasteiger partial charge in [0.15, 0.2) is 0 Å². The number of fused-ring (bicyclic) bond motifs is 1. The number of urea groups is 1. The predicted molar refractivity (Wildman–Crippen MR) is 98.9 cm³/mol. The molecule has 0 aromatic heterocycles. The van der Waals surface area contributed by atoms with Gasteiger partial charge in [0.25, 0.3) is 0 Å². The number of rotatable bonds is 5. The van der Waals surface area contributed by atoms with Crippen molar-refractivity contribution >= 4 is 11.9 Å². The van der Waals surface area contributed by atoms with Crippen molar-refractivity contribution < 1.29 is 14.3 Å². The average Bonchev–Trinajstić information content (AvgIpc) is 2.66. The van der Waals surface area contributed by atoms with Crippen molar-refractivity contribution in [3.8, 4) is 5.75 Å². The summed E-state index contributed by atoms with van der Waals surface area (Å²) >= 11 is 0. The maximum absolute atomic E-state index is 12.1. The number of hydrogen-bond acceptors (Lipinski definition) is 3. The van der Waals surface area contributed by atoms with Gasteiger partial charge in [0.05, 0.1) is 19.2 Å². The summed E-state index contributed by atoms with van der Waals surface area (Å²) < 4.78 is 5.58. The molecule has 0 unspecified atom stereocenters. The highest BCUT2D eigenvalue weighted by atomic mass is 16.5. The van der Waals surface area contributed by atoms with Crippen molar-refractivity contribution in [3.63, 3.8) is 0 Å². The molecule has 6 heteroatoms. The molecule has 0 saturated heterocycles. The van der Waals surface area contributed by atoms with Gasteiger partial charge in [-0.15, -0.1) is 0 Å². The molecule has 0 radical (unpaired) electrons. The Morgan fingerprint density at radius 3 is 2.65 bits per heavy atom. The monoisotopic (exact) mass is 353 g/mol. The van der Waals surface area contributed by atoms with Gasteiger partial charge >= 0.3 is 6.03 Å². The van der Waals surface area contributed by atoms with Crippen LogP contribution in [-0.4, -0.2) is 25.1 Å². The lowest BCUT2D eigenvalue weighted by atomic mass is 10.0. The predicted octanol–water partition coefficient (Wildman–Crippen LogP) is 2.43. The zero-order chi connectivity index (χ0) is 18.4. The van der Waals surface area contributed by atoms with E-state index in [-0.39, 0.29) is 24.5 Å². The van der Waals surface area contributed by atoms with Crippen LogP contribution in [0.25, 0.3) is 0 Å². The maximum Gasteiger partial charge on any atom is 0.315 e. The van der Waals surface area contributed by atoms with Gasteiger partial charge < -0.3 is 20.7 Å². The Bertz CT molecular complexity index is 774. The summed E-state index contributed by atoms with van der Waals surface area (Å²) in [6.07, 6.45) is 0.711. The van der Waals surface area contributed by atoms with Crippen LogP contribution >= 0.6 is 0 Å². The van der Waals surface area contributed by atoms with Gasteiger partial charge in [-0.2, -0.15) is 0 Å². The summed E-state index contributed by atoms with van der Waals surface area (Å²) in [5.41, 5.74) is 3.15. The SMILES string of the molecule is Cc1ccc(CNC(=O)NCC(=O)N[C@H]2CCOc3ccccc32)cc1. The molecule has 3 amide bonds. The Morgan fingerprint density at radius 2 is 1.85 bits per heavy atom. The molecule has 1 heterocycles. The number of aryl methyl sites for hydroxylation is 1. The lowest BCUT2D eigenvalue weighted by molar-refractivity contribution is -0.121. The largest absolute Gasteiger partial charge is 0.493 e. The molecule has 1 aliphatic rings. The summed E-state index contributed by atoms with van der Waals surface area (Å²) in [4.78, 5) is 24.0. The topological polar surface area (TPSA) is 79.5 Å². The number of amides is 3. The number of para-hydroxylation sites is 1. The Hall–Kier alpha value is -3.02. The van der Waals surface area contributed by atoms with Gasteiger partial charge in [-0.25, -0.2) is 4.79 Å². The van der Waals surface area contributed by atoms with Crippen molar-refractivity contribution in [2.24, 2.45) is 0 Å². The minimum absolute atomic E-state index is 0.0702. The van der Waals surface area contributed by atoms with E-state index in [0.717, 1.165) is 16.9 Å². The molecule has 0 spiro atoms. The van der Waals surface area contributed by atoms with Gasteiger partial charge in [0.2, 0.25) is 5.91 Å². The number of ether oxygens (including phenoxy) is 1. The molecular weight excluding hydrogens is 330 g/mol. The first kappa shape index (κ1) is 17.8. The standard InChI is InChI=1S/C20H23N3O3/c1-14-6-8-15(9-7-14)12-21-20(25)22-13-19(24)23-17-10-11-26-18-5-3-2-4-16(17)18/h2-9,17H,10-13H2,1H3,(H,23,24)(H2,21,22,25)/t17-/m0/s1. The van der Waals surface area contributed by atoms with Gasteiger partial charge in [0, 0.05) is 18.5 Å². The molecule has 0 saturated carbocycles. The van der Waals surface area contributed by atoms with E-state index in [1.807, 2.05) is 55.5 Å². The summed E-state index contributed by atoms with van der Waals surface area (Å²) in [7, 11) is 0. The number of hydrogen-bond donors (Lipinski definition) is 3. The zero-order valence-electron chi connectivity index (χ0n) is 14.7. The van der Waals surface area contributed by atoms with E-state index in [1.54, 1.807) is 0 Å². The highest BCUT2D eigenvalue weighted by Gasteiger charge is 2.22. The molecule has 0 aliphatic carbocycles. The van der Waals surface area contributed by atoms with E-state index in [1.165, 1.54) is 5.56 Å². The molecular formula is C20H23N3O3. The lowest BCUT2D eigenvalue weighted by Crippen LogP contribution is -2.43. The number of benzene rings is 2. The molecule has 0 fully saturated rings. The molecule has 6 nitrogen and oxygen atoms in total. The fourth-order valence-corrected chi connectivity index (χ4v) is 2.85. The molecule has 1 aliphatic heterocycles. The molecule has 0 bridgehead atoms. The molecule has 3 rings (SSSR count). The molecule has 2 aromatic rings. The second-order valence-corrected chi connectivity index (χ2v) is 6.32. The van der Waals surface area contributed by atoms with Crippen molar-refractivity contribution in [2.75, 3.05) is 13.2 Å². The summed E-state index contributed by atoms with van der Waals surface area (Å²) in [5, 5.41) is 8.28. The second-order valence-electron chi connectivity index (χ2n) is 6.32. The quantitative estimate of drug-likeness (QED) is 0.772. The van der Waals surface area contributed by atoms with Gasteiger partial charge in [0.1, 0.15) is 5.75 Å². The van der Waals surface area contributed by atoms with E-state index in [9.17, 15) is 9.59 Å². The number of nitrogens with one attached hydrogen (secondary N) is 3. The third-order valence-corrected chi connectivity index (χ3v) is 4.28. The Kier molecular flexibility index (Phi) is 5.73. The smallest absolute Gasteiger partial charge is 0.315 e. The van der Waals surface area contributed by atoms with Gasteiger partial charge in [-0.1, -0.05) is 48.0 Å². The van der Waals surface area contributed by atoms with Crippen molar-refractivity contribution in [1.82, 2.24) is 16.0 Å². The van der Waals surface area contributed by atoms with Crippen molar-refractivity contribution in [3.05, 3.63) is 65.2 Å². The third kappa shape index (κ3) is 4.75. The molecule has 3 N–H and O–H groups in total. The fraction of sp³-hybridized carbons (Fsp3) is 0.300. The van der Waals surface area contributed by atoms with Crippen LogP contribution in [0.1, 0.15) is 29.2 Å². The van der Waals surface area contributed by atoms with Crippen LogP contribution < -0.4 is 20.7 Å². The van der Waals surface area contributed by atoms with Crippen molar-refractivity contribution in [2.45, 2.75) is 25.9 Å². The van der Waals surface area contributed by atoms with Crippen molar-refractivity contribution in [1.29, 1.82) is 0 Å². The van der Waals surface area contributed by atoms with Crippen LogP contribution in [0.2, 0.25) is 0 Å². The van der Waals surface area contributed by atoms with Crippen LogP contribution in [0, 0.1) is 6.92 Å². The Labute approximate surface area is 152 Å². The molecule has 136 valence electrons. The van der Waals surface area contributed by atoms with Crippen LogP contribution in [0.15, 0.2) is 48.5 Å². The highest BCUT2D eigenvalue weighted by Crippen LogP contribution is 2.31. The zero-order valence-corrected chi connectivity index (χ0v) is 14.7. The van der Waals surface area contributed by atoms with Gasteiger partial charge in [-0.05, 0) is 18.6 Å². The van der Waals surface area contributed by atoms with Crippen LogP contribution in [-0.2, 0) is 11.3 Å². The van der Waals surface area contributed by atoms with Crippen LogP contribution in [0.5, 0.6) is 5.75 Å². The van der Waals surface area contributed by atoms with E-state index in [2.05, 4.69) is 16.0 Å². The first-order valence-corrected chi connectivity index (χ1v) is 8.70. The fourth-order valence-electron chi connectivity index (χ4n) is 2.85. The van der Waals surface area contributed by atoms with E-state index in [0.29, 0.717) is 19.6 Å².